The summed E-state index contributed by atoms with van der Waals surface area (Å²) in [6, 6.07) is -1.03. The maximum Gasteiger partial charge on any atom is 0.329 e. The van der Waals surface area contributed by atoms with Crippen molar-refractivity contribution in [3.8, 4) is 0 Å². The number of hydrogen-bond acceptors (Lipinski definition) is 8. The van der Waals surface area contributed by atoms with Crippen LogP contribution in [0.15, 0.2) is 0 Å². The average molecular weight is 665 g/mol. The van der Waals surface area contributed by atoms with Crippen molar-refractivity contribution < 1.29 is 38.2 Å². The summed E-state index contributed by atoms with van der Waals surface area (Å²) in [6.07, 6.45) is 19.0. The quantitative estimate of drug-likeness (QED) is 0.0632. The van der Waals surface area contributed by atoms with Crippen molar-refractivity contribution in [1.82, 2.24) is 10.2 Å². The summed E-state index contributed by atoms with van der Waals surface area (Å²) in [4.78, 5) is 73.9. The van der Waals surface area contributed by atoms with E-state index in [9.17, 15) is 28.8 Å². The van der Waals surface area contributed by atoms with Crippen molar-refractivity contribution in [1.29, 1.82) is 0 Å². The van der Waals surface area contributed by atoms with E-state index in [0.29, 0.717) is 17.7 Å². The third-order valence-corrected chi connectivity index (χ3v) is 7.93. The first kappa shape index (κ1) is 42.2. The van der Waals surface area contributed by atoms with Crippen LogP contribution in [0.5, 0.6) is 0 Å². The molecule has 0 aliphatic carbocycles. The first-order valence-corrected chi connectivity index (χ1v) is 18.2. The van der Waals surface area contributed by atoms with Crippen LogP contribution in [0.25, 0.3) is 0 Å². The van der Waals surface area contributed by atoms with E-state index >= 15 is 0 Å². The van der Waals surface area contributed by atoms with Gasteiger partial charge in [0, 0.05) is 32.1 Å². The molecule has 0 unspecified atom stereocenters. The molecule has 1 saturated heterocycles. The highest BCUT2D eigenvalue weighted by Gasteiger charge is 2.35. The molecule has 1 atom stereocenters. The number of imide groups is 3. The van der Waals surface area contributed by atoms with E-state index in [2.05, 4.69) is 5.32 Å². The van der Waals surface area contributed by atoms with Crippen molar-refractivity contribution >= 4 is 35.6 Å². The lowest BCUT2D eigenvalue weighted by Gasteiger charge is -2.25. The van der Waals surface area contributed by atoms with Crippen LogP contribution in [0.1, 0.15) is 183 Å². The molecule has 0 aromatic rings. The molecule has 10 heteroatoms. The summed E-state index contributed by atoms with van der Waals surface area (Å²) in [7, 11) is 0. The molecule has 0 aromatic carbocycles. The lowest BCUT2D eigenvalue weighted by Crippen LogP contribution is -2.45. The Hall–Kier alpha value is -2.78. The second-order valence-corrected chi connectivity index (χ2v) is 15.0. The Kier molecular flexibility index (Phi) is 20.4. The molecule has 1 N–H and O–H groups in total. The molecule has 4 amide bonds. The SMILES string of the molecule is CC(C)(C)OC(=O)CCCCCCCCCCCCCCCCCCC(=O)N[C@@H](CCC(=O)N1C(=O)CCC1=O)C(=O)OC(C)(C)C. The molecule has 47 heavy (non-hydrogen) atoms. The van der Waals surface area contributed by atoms with E-state index < -0.39 is 40.9 Å². The Morgan fingerprint density at radius 2 is 0.979 bits per heavy atom. The van der Waals surface area contributed by atoms with E-state index in [4.69, 9.17) is 9.47 Å². The van der Waals surface area contributed by atoms with Crippen molar-refractivity contribution in [2.75, 3.05) is 0 Å². The van der Waals surface area contributed by atoms with Gasteiger partial charge in [0.15, 0.2) is 0 Å². The van der Waals surface area contributed by atoms with Gasteiger partial charge in [0.1, 0.15) is 17.2 Å². The van der Waals surface area contributed by atoms with Crippen molar-refractivity contribution in [2.24, 2.45) is 0 Å². The molecule has 0 aromatic heterocycles. The van der Waals surface area contributed by atoms with Crippen molar-refractivity contribution in [2.45, 2.75) is 200 Å². The first-order valence-electron chi connectivity index (χ1n) is 18.2. The zero-order chi connectivity index (χ0) is 35.3. The van der Waals surface area contributed by atoms with Crippen LogP contribution in [0.4, 0.5) is 0 Å². The molecule has 1 heterocycles. The number of nitrogens with one attached hydrogen (secondary N) is 1. The van der Waals surface area contributed by atoms with Gasteiger partial charge in [-0.05, 0) is 60.8 Å². The number of amides is 4. The predicted octanol–water partition coefficient (Wildman–Crippen LogP) is 7.63. The highest BCUT2D eigenvalue weighted by Crippen LogP contribution is 2.18. The molecule has 1 fully saturated rings. The zero-order valence-corrected chi connectivity index (χ0v) is 30.3. The number of ether oxygens (including phenoxy) is 2. The number of hydrogen-bond donors (Lipinski definition) is 1. The Bertz CT molecular complexity index is 979. The molecule has 0 spiro atoms. The van der Waals surface area contributed by atoms with Gasteiger partial charge in [-0.1, -0.05) is 89.9 Å². The minimum Gasteiger partial charge on any atom is -0.460 e. The fraction of sp³-hybridized carbons (Fsp3) is 0.838. The standard InChI is InChI=1S/C37H64N2O8/c1-36(2,3)46-34(44)24-22-20-18-16-14-12-10-8-7-9-11-13-15-17-19-21-23-30(40)38-29(35(45)47-37(4,5)6)25-26-31(41)39-32(42)27-28-33(39)43/h29H,7-28H2,1-6H3,(H,38,40)/t29-/m0/s1. The molecule has 10 nitrogen and oxygen atoms in total. The molecule has 1 aliphatic heterocycles. The van der Waals surface area contributed by atoms with Crippen LogP contribution in [0.2, 0.25) is 0 Å². The summed E-state index contributed by atoms with van der Waals surface area (Å²) in [5.41, 5.74) is -1.16. The minimum atomic E-state index is -1.03. The smallest absolute Gasteiger partial charge is 0.329 e. The van der Waals surface area contributed by atoms with Gasteiger partial charge in [0.05, 0.1) is 0 Å². The van der Waals surface area contributed by atoms with Crippen LogP contribution < -0.4 is 5.32 Å². The highest BCUT2D eigenvalue weighted by atomic mass is 16.6. The number of unbranched alkanes of at least 4 members (excludes halogenated alkanes) is 15. The van der Waals surface area contributed by atoms with Crippen LogP contribution >= 0.6 is 0 Å². The number of carbonyl (C=O) groups excluding carboxylic acids is 6. The third-order valence-electron chi connectivity index (χ3n) is 7.93. The Labute approximate surface area is 283 Å². The van der Waals surface area contributed by atoms with Crippen molar-refractivity contribution in [3.05, 3.63) is 0 Å². The number of likely N-dealkylation sites (tertiary alicyclic amines) is 1. The van der Waals surface area contributed by atoms with E-state index in [1.165, 1.54) is 64.2 Å². The molecule has 270 valence electrons. The van der Waals surface area contributed by atoms with Crippen molar-refractivity contribution in [3.63, 3.8) is 0 Å². The van der Waals surface area contributed by atoms with Gasteiger partial charge >= 0.3 is 11.9 Å². The summed E-state index contributed by atoms with van der Waals surface area (Å²) in [6.45, 7) is 10.9. The van der Waals surface area contributed by atoms with Gasteiger partial charge in [-0.15, -0.1) is 0 Å². The van der Waals surface area contributed by atoms with E-state index in [1.54, 1.807) is 20.8 Å². The molecule has 0 bridgehead atoms. The molecular weight excluding hydrogens is 600 g/mol. The van der Waals surface area contributed by atoms with Gasteiger partial charge in [-0.3, -0.25) is 24.0 Å². The average Bonchev–Trinajstić information content (AvgIpc) is 3.29. The van der Waals surface area contributed by atoms with Gasteiger partial charge in [-0.25, -0.2) is 9.69 Å². The van der Waals surface area contributed by atoms with Gasteiger partial charge < -0.3 is 14.8 Å². The van der Waals surface area contributed by atoms with Crippen LogP contribution in [0.3, 0.4) is 0 Å². The monoisotopic (exact) mass is 664 g/mol. The largest absolute Gasteiger partial charge is 0.460 e. The Morgan fingerprint density at radius 1 is 0.596 bits per heavy atom. The summed E-state index contributed by atoms with van der Waals surface area (Å²) in [5, 5.41) is 2.70. The molecular formula is C37H64N2O8. The zero-order valence-electron chi connectivity index (χ0n) is 30.3. The second kappa shape index (κ2) is 22.7. The second-order valence-electron chi connectivity index (χ2n) is 15.0. The lowest BCUT2D eigenvalue weighted by molar-refractivity contribution is -0.159. The molecule has 0 saturated carbocycles. The maximum atomic E-state index is 12.7. The van der Waals surface area contributed by atoms with E-state index in [0.717, 1.165) is 32.1 Å². The normalized spacial score (nSPS) is 14.3. The van der Waals surface area contributed by atoms with Gasteiger partial charge in [-0.2, -0.15) is 0 Å². The molecule has 0 radical (unpaired) electrons. The molecule has 1 aliphatic rings. The third kappa shape index (κ3) is 21.7. The van der Waals surface area contributed by atoms with Crippen LogP contribution in [-0.2, 0) is 38.2 Å². The number of nitrogens with zero attached hydrogens (tertiary/aromatic N) is 1. The summed E-state index contributed by atoms with van der Waals surface area (Å²) < 4.78 is 10.8. The Balaban J connectivity index is 2.08. The van der Waals surface area contributed by atoms with Crippen LogP contribution in [-0.4, -0.2) is 57.7 Å². The fourth-order valence-corrected chi connectivity index (χ4v) is 5.54. The lowest BCUT2D eigenvalue weighted by atomic mass is 10.0. The maximum absolute atomic E-state index is 12.7. The summed E-state index contributed by atoms with van der Waals surface area (Å²) >= 11 is 0. The highest BCUT2D eigenvalue weighted by molar-refractivity contribution is 6.15. The van der Waals surface area contributed by atoms with Gasteiger partial charge in [0.2, 0.25) is 23.6 Å². The first-order chi connectivity index (χ1) is 22.1. The molecule has 1 rings (SSSR count). The fourth-order valence-electron chi connectivity index (χ4n) is 5.54. The number of carbonyl (C=O) groups is 6. The number of esters is 2. The van der Waals surface area contributed by atoms with Crippen LogP contribution in [0, 0.1) is 0 Å². The van der Waals surface area contributed by atoms with E-state index in [1.807, 2.05) is 20.8 Å². The number of rotatable bonds is 24. The van der Waals surface area contributed by atoms with E-state index in [-0.39, 0.29) is 44.0 Å². The van der Waals surface area contributed by atoms with Gasteiger partial charge in [0.25, 0.3) is 0 Å². The predicted molar refractivity (Wildman–Crippen MR) is 182 cm³/mol. The minimum absolute atomic E-state index is 0.0142. The summed E-state index contributed by atoms with van der Waals surface area (Å²) in [5.74, 6) is -2.71. The Morgan fingerprint density at radius 3 is 1.38 bits per heavy atom. The topological polar surface area (TPSA) is 136 Å².